The molecule has 1 aliphatic rings. The summed E-state index contributed by atoms with van der Waals surface area (Å²) < 4.78 is 13.1. The second kappa shape index (κ2) is 5.29. The fraction of sp³-hybridized carbons (Fsp3) is 0.533. The molecule has 1 saturated heterocycles. The average molecular weight is 265 g/mol. The first-order chi connectivity index (χ1) is 8.89. The molecular weight excluding hydrogens is 245 g/mol. The molecule has 1 aromatic rings. The molecule has 1 N–H and O–H groups in total. The first-order valence-electron chi connectivity index (χ1n) is 6.67. The SMILES string of the molecule is Cc1cc(F)ccc1C(=O)N1CCCC(C)(O)CC1. The van der Waals surface area contributed by atoms with Crippen molar-refractivity contribution in [2.24, 2.45) is 0 Å². The van der Waals surface area contributed by atoms with E-state index in [0.29, 0.717) is 37.1 Å². The molecule has 2 rings (SSSR count). The van der Waals surface area contributed by atoms with Crippen LogP contribution >= 0.6 is 0 Å². The topological polar surface area (TPSA) is 40.5 Å². The van der Waals surface area contributed by atoms with E-state index in [1.807, 2.05) is 6.92 Å². The maximum atomic E-state index is 13.1. The van der Waals surface area contributed by atoms with Crippen LogP contribution in [0.2, 0.25) is 0 Å². The molecule has 1 heterocycles. The number of hydrogen-bond donors (Lipinski definition) is 1. The van der Waals surface area contributed by atoms with Crippen LogP contribution in [0.15, 0.2) is 18.2 Å². The molecule has 1 amide bonds. The summed E-state index contributed by atoms with van der Waals surface area (Å²) in [7, 11) is 0. The van der Waals surface area contributed by atoms with Crippen LogP contribution in [0.25, 0.3) is 0 Å². The molecule has 0 radical (unpaired) electrons. The highest BCUT2D eigenvalue weighted by atomic mass is 19.1. The molecule has 1 aliphatic heterocycles. The molecule has 4 heteroatoms. The Balaban J connectivity index is 2.15. The van der Waals surface area contributed by atoms with Gasteiger partial charge in [-0.1, -0.05) is 0 Å². The molecule has 0 aliphatic carbocycles. The molecule has 1 atom stereocenters. The van der Waals surface area contributed by atoms with Crippen LogP contribution in [0, 0.1) is 12.7 Å². The lowest BCUT2D eigenvalue weighted by molar-refractivity contribution is 0.0438. The minimum absolute atomic E-state index is 0.0739. The van der Waals surface area contributed by atoms with Gasteiger partial charge in [0.2, 0.25) is 0 Å². The van der Waals surface area contributed by atoms with E-state index < -0.39 is 5.60 Å². The predicted molar refractivity (Wildman–Crippen MR) is 71.5 cm³/mol. The van der Waals surface area contributed by atoms with Gasteiger partial charge in [0.05, 0.1) is 5.60 Å². The van der Waals surface area contributed by atoms with Crippen LogP contribution in [0.4, 0.5) is 4.39 Å². The number of halogens is 1. The van der Waals surface area contributed by atoms with Crippen LogP contribution in [0.3, 0.4) is 0 Å². The van der Waals surface area contributed by atoms with E-state index in [1.54, 1.807) is 11.8 Å². The quantitative estimate of drug-likeness (QED) is 0.847. The van der Waals surface area contributed by atoms with Gasteiger partial charge in [-0.05, 0) is 56.9 Å². The molecule has 0 saturated carbocycles. The number of nitrogens with zero attached hydrogens (tertiary/aromatic N) is 1. The molecule has 19 heavy (non-hydrogen) atoms. The third-order valence-corrected chi connectivity index (χ3v) is 3.77. The number of likely N-dealkylation sites (tertiary alicyclic amines) is 1. The Hall–Kier alpha value is -1.42. The van der Waals surface area contributed by atoms with Crippen LogP contribution in [-0.4, -0.2) is 34.6 Å². The molecular formula is C15H20FNO2. The van der Waals surface area contributed by atoms with Crippen molar-refractivity contribution in [3.8, 4) is 0 Å². The Morgan fingerprint density at radius 2 is 2.11 bits per heavy atom. The molecule has 0 spiro atoms. The van der Waals surface area contributed by atoms with Gasteiger partial charge in [-0.15, -0.1) is 0 Å². The highest BCUT2D eigenvalue weighted by Crippen LogP contribution is 2.23. The molecule has 3 nitrogen and oxygen atoms in total. The second-order valence-electron chi connectivity index (χ2n) is 5.60. The summed E-state index contributed by atoms with van der Waals surface area (Å²) >= 11 is 0. The van der Waals surface area contributed by atoms with E-state index >= 15 is 0 Å². The van der Waals surface area contributed by atoms with Crippen LogP contribution in [0.5, 0.6) is 0 Å². The molecule has 1 unspecified atom stereocenters. The van der Waals surface area contributed by atoms with Gasteiger partial charge in [0.25, 0.3) is 5.91 Å². The third kappa shape index (κ3) is 3.32. The summed E-state index contributed by atoms with van der Waals surface area (Å²) in [6.07, 6.45) is 2.08. The van der Waals surface area contributed by atoms with Crippen molar-refractivity contribution < 1.29 is 14.3 Å². The van der Waals surface area contributed by atoms with Crippen molar-refractivity contribution in [3.05, 3.63) is 35.1 Å². The Morgan fingerprint density at radius 1 is 1.37 bits per heavy atom. The van der Waals surface area contributed by atoms with Gasteiger partial charge in [-0.3, -0.25) is 4.79 Å². The number of aryl methyl sites for hydroxylation is 1. The fourth-order valence-electron chi connectivity index (χ4n) is 2.50. The van der Waals surface area contributed by atoms with Crippen molar-refractivity contribution in [2.75, 3.05) is 13.1 Å². The van der Waals surface area contributed by atoms with Crippen molar-refractivity contribution in [1.82, 2.24) is 4.90 Å². The molecule has 1 fully saturated rings. The Morgan fingerprint density at radius 3 is 2.79 bits per heavy atom. The summed E-state index contributed by atoms with van der Waals surface area (Å²) in [6.45, 7) is 4.74. The molecule has 104 valence electrons. The van der Waals surface area contributed by atoms with E-state index in [0.717, 1.165) is 6.42 Å². The van der Waals surface area contributed by atoms with Gasteiger partial charge in [-0.2, -0.15) is 0 Å². The van der Waals surface area contributed by atoms with Crippen molar-refractivity contribution in [2.45, 2.75) is 38.7 Å². The van der Waals surface area contributed by atoms with E-state index in [-0.39, 0.29) is 11.7 Å². The van der Waals surface area contributed by atoms with Crippen molar-refractivity contribution in [1.29, 1.82) is 0 Å². The van der Waals surface area contributed by atoms with E-state index in [1.165, 1.54) is 18.2 Å². The number of amides is 1. The van der Waals surface area contributed by atoms with Crippen LogP contribution < -0.4 is 0 Å². The lowest BCUT2D eigenvalue weighted by Gasteiger charge is -2.23. The van der Waals surface area contributed by atoms with Crippen molar-refractivity contribution >= 4 is 5.91 Å². The molecule has 1 aromatic carbocycles. The Bertz CT molecular complexity index is 485. The summed E-state index contributed by atoms with van der Waals surface area (Å²) in [6, 6.07) is 4.23. The van der Waals surface area contributed by atoms with E-state index in [9.17, 15) is 14.3 Å². The van der Waals surface area contributed by atoms with Crippen LogP contribution in [0.1, 0.15) is 42.1 Å². The van der Waals surface area contributed by atoms with Gasteiger partial charge in [-0.25, -0.2) is 4.39 Å². The van der Waals surface area contributed by atoms with Crippen molar-refractivity contribution in [3.63, 3.8) is 0 Å². The minimum atomic E-state index is -0.688. The number of hydrogen-bond acceptors (Lipinski definition) is 2. The zero-order valence-electron chi connectivity index (χ0n) is 11.4. The maximum absolute atomic E-state index is 13.1. The fourth-order valence-corrected chi connectivity index (χ4v) is 2.50. The highest BCUT2D eigenvalue weighted by Gasteiger charge is 2.27. The summed E-state index contributed by atoms with van der Waals surface area (Å²) in [5.74, 6) is -0.400. The van der Waals surface area contributed by atoms with Gasteiger partial charge in [0, 0.05) is 18.7 Å². The third-order valence-electron chi connectivity index (χ3n) is 3.77. The predicted octanol–water partition coefficient (Wildman–Crippen LogP) is 2.51. The average Bonchev–Trinajstić information content (AvgIpc) is 2.49. The Labute approximate surface area is 113 Å². The van der Waals surface area contributed by atoms with E-state index in [2.05, 4.69) is 0 Å². The number of rotatable bonds is 1. The Kier molecular flexibility index (Phi) is 3.90. The molecule has 0 bridgehead atoms. The summed E-state index contributed by atoms with van der Waals surface area (Å²) in [5, 5.41) is 10.0. The number of carbonyl (C=O) groups is 1. The summed E-state index contributed by atoms with van der Waals surface area (Å²) in [4.78, 5) is 14.2. The molecule has 0 aromatic heterocycles. The highest BCUT2D eigenvalue weighted by molar-refractivity contribution is 5.95. The van der Waals surface area contributed by atoms with Gasteiger partial charge < -0.3 is 10.0 Å². The van der Waals surface area contributed by atoms with Gasteiger partial charge in [0.15, 0.2) is 0 Å². The first kappa shape index (κ1) is 14.0. The number of aliphatic hydroxyl groups is 1. The summed E-state index contributed by atoms with van der Waals surface area (Å²) in [5.41, 5.74) is 0.510. The number of carbonyl (C=O) groups excluding carboxylic acids is 1. The zero-order chi connectivity index (χ0) is 14.0. The minimum Gasteiger partial charge on any atom is -0.390 e. The monoisotopic (exact) mass is 265 g/mol. The zero-order valence-corrected chi connectivity index (χ0v) is 11.4. The lowest BCUT2D eigenvalue weighted by atomic mass is 9.98. The maximum Gasteiger partial charge on any atom is 0.254 e. The number of benzene rings is 1. The smallest absolute Gasteiger partial charge is 0.254 e. The second-order valence-corrected chi connectivity index (χ2v) is 5.60. The van der Waals surface area contributed by atoms with Crippen LogP contribution in [-0.2, 0) is 0 Å². The van der Waals surface area contributed by atoms with Gasteiger partial charge >= 0.3 is 0 Å². The largest absolute Gasteiger partial charge is 0.390 e. The lowest BCUT2D eigenvalue weighted by Crippen LogP contribution is -2.33. The normalized spacial score (nSPS) is 24.1. The first-order valence-corrected chi connectivity index (χ1v) is 6.67. The standard InChI is InChI=1S/C15H20FNO2/c1-11-10-12(16)4-5-13(11)14(18)17-8-3-6-15(2,19)7-9-17/h4-5,10,19H,3,6-9H2,1-2H3. The van der Waals surface area contributed by atoms with Gasteiger partial charge in [0.1, 0.15) is 5.82 Å². The van der Waals surface area contributed by atoms with E-state index in [4.69, 9.17) is 0 Å².